The number of aromatic nitrogens is 2. The van der Waals surface area contributed by atoms with Crippen LogP contribution in [0.2, 0.25) is 5.02 Å². The van der Waals surface area contributed by atoms with Crippen molar-refractivity contribution < 1.29 is 14.4 Å². The minimum Gasteiger partial charge on any atom is -0.489 e. The van der Waals surface area contributed by atoms with E-state index in [1.54, 1.807) is 12.1 Å². The lowest BCUT2D eigenvalue weighted by molar-refractivity contribution is -0.652. The number of hydrogen-bond donors (Lipinski definition) is 1. The van der Waals surface area contributed by atoms with Crippen molar-refractivity contribution in [3.8, 4) is 5.75 Å². The number of hydrogen-bond acceptors (Lipinski definition) is 2. The molecule has 0 saturated carbocycles. The molecule has 0 spiro atoms. The average Bonchev–Trinajstić information content (AvgIpc) is 2.80. The Morgan fingerprint density at radius 3 is 2.65 bits per heavy atom. The number of aliphatic hydroxyl groups is 1. The molecular weight excluding hydrogens is 312 g/mol. The van der Waals surface area contributed by atoms with Gasteiger partial charge in [0.15, 0.2) is 11.0 Å². The predicted molar refractivity (Wildman–Crippen MR) is 90.8 cm³/mol. The molecule has 120 valence electrons. The van der Waals surface area contributed by atoms with E-state index in [1.807, 2.05) is 38.2 Å². The van der Waals surface area contributed by atoms with Crippen molar-refractivity contribution in [1.82, 2.24) is 4.57 Å². The van der Waals surface area contributed by atoms with Crippen LogP contribution in [0.5, 0.6) is 5.75 Å². The van der Waals surface area contributed by atoms with Gasteiger partial charge in [-0.15, -0.1) is 0 Å². The normalized spacial score (nSPS) is 12.5. The summed E-state index contributed by atoms with van der Waals surface area (Å²) >= 11 is 6.06. The maximum Gasteiger partial charge on any atom is 0.254 e. The maximum atomic E-state index is 10.3. The molecule has 1 unspecified atom stereocenters. The van der Waals surface area contributed by atoms with Crippen molar-refractivity contribution in [3.63, 3.8) is 0 Å². The molecule has 0 aliphatic heterocycles. The number of ether oxygens (including phenoxy) is 1. The zero-order valence-corrected chi connectivity index (χ0v) is 14.0. The van der Waals surface area contributed by atoms with Crippen LogP contribution in [0.15, 0.2) is 48.5 Å². The Morgan fingerprint density at radius 1 is 1.17 bits per heavy atom. The molecule has 2 aromatic carbocycles. The first kappa shape index (κ1) is 15.8. The van der Waals surface area contributed by atoms with Gasteiger partial charge in [-0.05, 0) is 24.3 Å². The van der Waals surface area contributed by atoms with Gasteiger partial charge >= 0.3 is 0 Å². The number of rotatable bonds is 5. The van der Waals surface area contributed by atoms with Crippen LogP contribution in [0.25, 0.3) is 11.0 Å². The third kappa shape index (κ3) is 3.19. The first-order chi connectivity index (χ1) is 11.1. The SMILES string of the molecule is Cc1n(CC(O)COc2ccccc2Cl)c2ccccc2[n+]1C. The lowest BCUT2D eigenvalue weighted by Gasteiger charge is -2.12. The summed E-state index contributed by atoms with van der Waals surface area (Å²) in [4.78, 5) is 0. The molecular formula is C18H20ClN2O2+. The molecule has 0 saturated heterocycles. The van der Waals surface area contributed by atoms with Crippen LogP contribution in [-0.2, 0) is 13.6 Å². The van der Waals surface area contributed by atoms with Gasteiger partial charge in [-0.1, -0.05) is 35.9 Å². The van der Waals surface area contributed by atoms with Crippen molar-refractivity contribution in [2.75, 3.05) is 6.61 Å². The Hall–Kier alpha value is -2.04. The molecule has 0 aliphatic rings. The van der Waals surface area contributed by atoms with Gasteiger partial charge in [0.2, 0.25) is 0 Å². The van der Waals surface area contributed by atoms with Gasteiger partial charge in [-0.3, -0.25) is 0 Å². The summed E-state index contributed by atoms with van der Waals surface area (Å²) in [6, 6.07) is 15.4. The molecule has 1 atom stereocenters. The van der Waals surface area contributed by atoms with E-state index in [4.69, 9.17) is 16.3 Å². The minimum atomic E-state index is -0.624. The van der Waals surface area contributed by atoms with Crippen molar-refractivity contribution in [2.24, 2.45) is 7.05 Å². The molecule has 3 aromatic rings. The highest BCUT2D eigenvalue weighted by Gasteiger charge is 2.21. The van der Waals surface area contributed by atoms with Crippen molar-refractivity contribution in [1.29, 1.82) is 0 Å². The Bertz CT molecular complexity index is 829. The predicted octanol–water partition coefficient (Wildman–Crippen LogP) is 2.87. The molecule has 0 radical (unpaired) electrons. The smallest absolute Gasteiger partial charge is 0.254 e. The van der Waals surface area contributed by atoms with E-state index in [2.05, 4.69) is 21.3 Å². The highest BCUT2D eigenvalue weighted by atomic mass is 35.5. The quantitative estimate of drug-likeness (QED) is 0.730. The largest absolute Gasteiger partial charge is 0.489 e. The fourth-order valence-electron chi connectivity index (χ4n) is 2.75. The summed E-state index contributed by atoms with van der Waals surface area (Å²) in [5, 5.41) is 10.9. The van der Waals surface area contributed by atoms with E-state index >= 15 is 0 Å². The van der Waals surface area contributed by atoms with Crippen LogP contribution in [0.4, 0.5) is 0 Å². The highest BCUT2D eigenvalue weighted by Crippen LogP contribution is 2.23. The molecule has 0 fully saturated rings. The first-order valence-corrected chi connectivity index (χ1v) is 7.95. The van der Waals surface area contributed by atoms with E-state index in [-0.39, 0.29) is 6.61 Å². The number of nitrogens with zero attached hydrogens (tertiary/aromatic N) is 2. The summed E-state index contributed by atoms with van der Waals surface area (Å²) < 4.78 is 9.86. The molecule has 5 heteroatoms. The molecule has 4 nitrogen and oxygen atoms in total. The van der Waals surface area contributed by atoms with Crippen LogP contribution in [0.1, 0.15) is 5.82 Å². The fourth-order valence-corrected chi connectivity index (χ4v) is 2.94. The summed E-state index contributed by atoms with van der Waals surface area (Å²) in [5.41, 5.74) is 2.24. The van der Waals surface area contributed by atoms with Gasteiger partial charge < -0.3 is 9.84 Å². The third-order valence-corrected chi connectivity index (χ3v) is 4.38. The van der Waals surface area contributed by atoms with Gasteiger partial charge in [0.1, 0.15) is 25.0 Å². The summed E-state index contributed by atoms with van der Waals surface area (Å²) in [6.45, 7) is 2.71. The molecule has 1 heterocycles. The molecule has 23 heavy (non-hydrogen) atoms. The van der Waals surface area contributed by atoms with Crippen molar-refractivity contribution in [2.45, 2.75) is 19.6 Å². The van der Waals surface area contributed by atoms with Crippen LogP contribution in [-0.4, -0.2) is 22.4 Å². The van der Waals surface area contributed by atoms with Crippen LogP contribution in [0, 0.1) is 6.92 Å². The zero-order chi connectivity index (χ0) is 16.4. The molecule has 0 aliphatic carbocycles. The van der Waals surface area contributed by atoms with Gasteiger partial charge in [0.25, 0.3) is 5.82 Å². The fraction of sp³-hybridized carbons (Fsp3) is 0.278. The number of fused-ring (bicyclic) bond motifs is 1. The summed E-state index contributed by atoms with van der Waals surface area (Å²) in [7, 11) is 2.03. The Balaban J connectivity index is 1.75. The van der Waals surface area contributed by atoms with Crippen LogP contribution < -0.4 is 9.30 Å². The minimum absolute atomic E-state index is 0.194. The number of benzene rings is 2. The molecule has 1 aromatic heterocycles. The standard InChI is InChI=1S/C18H20ClN2O2/c1-13-20(2)16-8-4-5-9-17(16)21(13)11-14(22)12-23-18-10-6-3-7-15(18)19/h3-10,14,22H,11-12H2,1-2H3/q+1. The van der Waals surface area contributed by atoms with E-state index < -0.39 is 6.10 Å². The third-order valence-electron chi connectivity index (χ3n) is 4.07. The van der Waals surface area contributed by atoms with E-state index in [1.165, 1.54) is 0 Å². The summed E-state index contributed by atoms with van der Waals surface area (Å²) in [5.74, 6) is 1.68. The Kier molecular flexibility index (Phi) is 4.55. The second kappa shape index (κ2) is 6.60. The number of imidazole rings is 1. The van der Waals surface area contributed by atoms with E-state index in [9.17, 15) is 5.11 Å². The lowest BCUT2D eigenvalue weighted by Crippen LogP contribution is -2.32. The summed E-state index contributed by atoms with van der Waals surface area (Å²) in [6.07, 6.45) is -0.624. The Labute approximate surface area is 140 Å². The van der Waals surface area contributed by atoms with Crippen molar-refractivity contribution >= 4 is 22.6 Å². The van der Waals surface area contributed by atoms with Crippen molar-refractivity contribution in [3.05, 3.63) is 59.4 Å². The lowest BCUT2D eigenvalue weighted by atomic mass is 10.3. The van der Waals surface area contributed by atoms with Gasteiger partial charge in [0, 0.05) is 6.92 Å². The number of halogens is 1. The second-order valence-corrected chi connectivity index (χ2v) is 6.01. The van der Waals surface area contributed by atoms with Gasteiger partial charge in [-0.25, -0.2) is 9.13 Å². The second-order valence-electron chi connectivity index (χ2n) is 5.60. The highest BCUT2D eigenvalue weighted by molar-refractivity contribution is 6.32. The molecule has 3 rings (SSSR count). The Morgan fingerprint density at radius 2 is 1.87 bits per heavy atom. The van der Waals surface area contributed by atoms with Gasteiger partial charge in [-0.2, -0.15) is 0 Å². The number of aliphatic hydroxyl groups excluding tert-OH is 1. The topological polar surface area (TPSA) is 38.3 Å². The monoisotopic (exact) mass is 331 g/mol. The van der Waals surface area contributed by atoms with E-state index in [0.29, 0.717) is 17.3 Å². The van der Waals surface area contributed by atoms with Crippen LogP contribution in [0.3, 0.4) is 0 Å². The zero-order valence-electron chi connectivity index (χ0n) is 13.2. The maximum absolute atomic E-state index is 10.3. The van der Waals surface area contributed by atoms with Gasteiger partial charge in [0.05, 0.1) is 12.1 Å². The first-order valence-electron chi connectivity index (χ1n) is 7.57. The number of para-hydroxylation sites is 3. The number of aryl methyl sites for hydroxylation is 1. The average molecular weight is 332 g/mol. The molecule has 1 N–H and O–H groups in total. The molecule has 0 amide bonds. The molecule has 0 bridgehead atoms. The van der Waals surface area contributed by atoms with E-state index in [0.717, 1.165) is 16.9 Å². The van der Waals surface area contributed by atoms with Crippen LogP contribution >= 0.6 is 11.6 Å².